The fraction of sp³-hybridized carbons (Fsp3) is 0.364. The fourth-order valence-electron chi connectivity index (χ4n) is 1.24. The second-order valence-corrected chi connectivity index (χ2v) is 3.66. The molecule has 0 aliphatic heterocycles. The molecule has 0 saturated carbocycles. The van der Waals surface area contributed by atoms with E-state index in [4.69, 9.17) is 11.6 Å². The van der Waals surface area contributed by atoms with Gasteiger partial charge in [0.15, 0.2) is 0 Å². The van der Waals surface area contributed by atoms with Crippen LogP contribution in [-0.2, 0) is 4.79 Å². The van der Waals surface area contributed by atoms with Crippen LogP contribution in [0.2, 0.25) is 0 Å². The Balaban J connectivity index is 2.79. The minimum atomic E-state index is -0.267. The zero-order valence-corrected chi connectivity index (χ0v) is 8.58. The van der Waals surface area contributed by atoms with E-state index in [1.54, 1.807) is 0 Å². The number of halogens is 1. The van der Waals surface area contributed by atoms with Crippen molar-refractivity contribution in [2.24, 2.45) is 5.92 Å². The molecule has 0 fully saturated rings. The summed E-state index contributed by atoms with van der Waals surface area (Å²) in [6, 6.07) is 9.93. The van der Waals surface area contributed by atoms with Gasteiger partial charge in [0.2, 0.25) is 5.24 Å². The Bertz CT molecular complexity index is 281. The average molecular weight is 197 g/mol. The number of hydrogen-bond acceptors (Lipinski definition) is 1. The molecule has 0 aliphatic rings. The number of benzene rings is 1. The summed E-state index contributed by atoms with van der Waals surface area (Å²) in [4.78, 5) is 10.9. The number of carbonyl (C=O) groups is 1. The van der Waals surface area contributed by atoms with E-state index in [-0.39, 0.29) is 17.1 Å². The summed E-state index contributed by atoms with van der Waals surface area (Å²) in [5.74, 6) is 0.0651. The lowest BCUT2D eigenvalue weighted by Crippen LogP contribution is -2.12. The lowest BCUT2D eigenvalue weighted by molar-refractivity contribution is -0.115. The highest BCUT2D eigenvalue weighted by Crippen LogP contribution is 2.25. The Kier molecular flexibility index (Phi) is 3.49. The molecule has 2 heteroatoms. The predicted molar refractivity (Wildman–Crippen MR) is 54.9 cm³/mol. The van der Waals surface area contributed by atoms with Gasteiger partial charge in [0.25, 0.3) is 0 Å². The molecule has 13 heavy (non-hydrogen) atoms. The second kappa shape index (κ2) is 4.43. The van der Waals surface area contributed by atoms with Crippen molar-refractivity contribution in [3.8, 4) is 0 Å². The van der Waals surface area contributed by atoms with Gasteiger partial charge >= 0.3 is 0 Å². The summed E-state index contributed by atoms with van der Waals surface area (Å²) in [5.41, 5.74) is 1.16. The molecule has 2 atom stereocenters. The van der Waals surface area contributed by atoms with E-state index in [2.05, 4.69) is 0 Å². The van der Waals surface area contributed by atoms with E-state index in [1.807, 2.05) is 44.2 Å². The molecule has 0 radical (unpaired) electrons. The lowest BCUT2D eigenvalue weighted by Gasteiger charge is -2.16. The van der Waals surface area contributed by atoms with Crippen molar-refractivity contribution in [3.05, 3.63) is 35.9 Å². The topological polar surface area (TPSA) is 17.1 Å². The molecule has 0 N–H and O–H groups in total. The van der Waals surface area contributed by atoms with Gasteiger partial charge in [-0.3, -0.25) is 4.79 Å². The largest absolute Gasteiger partial charge is 0.281 e. The van der Waals surface area contributed by atoms with Gasteiger partial charge in [-0.2, -0.15) is 0 Å². The van der Waals surface area contributed by atoms with E-state index < -0.39 is 0 Å². The first-order valence-electron chi connectivity index (χ1n) is 4.37. The molecule has 0 aromatic heterocycles. The predicted octanol–water partition coefficient (Wildman–Crippen LogP) is 3.19. The Labute approximate surface area is 83.7 Å². The van der Waals surface area contributed by atoms with Crippen molar-refractivity contribution in [1.82, 2.24) is 0 Å². The molecule has 0 amide bonds. The monoisotopic (exact) mass is 196 g/mol. The third kappa shape index (κ3) is 2.56. The van der Waals surface area contributed by atoms with Gasteiger partial charge in [0.1, 0.15) is 0 Å². The van der Waals surface area contributed by atoms with Gasteiger partial charge in [-0.1, -0.05) is 44.2 Å². The van der Waals surface area contributed by atoms with Gasteiger partial charge < -0.3 is 0 Å². The maximum Gasteiger partial charge on any atom is 0.225 e. The Hall–Kier alpha value is -0.820. The molecule has 0 heterocycles. The van der Waals surface area contributed by atoms with E-state index in [0.717, 1.165) is 5.56 Å². The van der Waals surface area contributed by atoms with Gasteiger partial charge in [-0.15, -0.1) is 0 Å². The quantitative estimate of drug-likeness (QED) is 0.679. The Morgan fingerprint density at radius 2 is 1.77 bits per heavy atom. The summed E-state index contributed by atoms with van der Waals surface area (Å²) in [6.07, 6.45) is 0. The summed E-state index contributed by atoms with van der Waals surface area (Å²) in [5, 5.41) is -0.267. The zero-order valence-electron chi connectivity index (χ0n) is 7.83. The van der Waals surface area contributed by atoms with Gasteiger partial charge in [0, 0.05) is 5.92 Å². The minimum absolute atomic E-state index is 0.121. The van der Waals surface area contributed by atoms with Crippen LogP contribution < -0.4 is 0 Å². The molecule has 1 aromatic rings. The SMILES string of the molecule is CC(C(=O)Cl)C(C)c1ccccc1. The van der Waals surface area contributed by atoms with Crippen LogP contribution in [0.25, 0.3) is 0 Å². The Morgan fingerprint density at radius 3 is 2.23 bits per heavy atom. The van der Waals surface area contributed by atoms with Crippen LogP contribution in [0.1, 0.15) is 25.3 Å². The van der Waals surface area contributed by atoms with Crippen LogP contribution >= 0.6 is 11.6 Å². The van der Waals surface area contributed by atoms with Crippen LogP contribution in [0.4, 0.5) is 0 Å². The maximum absolute atomic E-state index is 10.9. The maximum atomic E-state index is 10.9. The summed E-state index contributed by atoms with van der Waals surface area (Å²) in [6.45, 7) is 3.87. The lowest BCUT2D eigenvalue weighted by atomic mass is 9.90. The highest BCUT2D eigenvalue weighted by atomic mass is 35.5. The summed E-state index contributed by atoms with van der Waals surface area (Å²) >= 11 is 5.43. The van der Waals surface area contributed by atoms with Crippen molar-refractivity contribution < 1.29 is 4.79 Å². The fourth-order valence-corrected chi connectivity index (χ4v) is 1.43. The van der Waals surface area contributed by atoms with Crippen molar-refractivity contribution in [2.75, 3.05) is 0 Å². The second-order valence-electron chi connectivity index (χ2n) is 3.29. The molecule has 0 saturated heterocycles. The molecular formula is C11H13ClO. The van der Waals surface area contributed by atoms with Gasteiger partial charge in [-0.05, 0) is 23.1 Å². The van der Waals surface area contributed by atoms with Crippen LogP contribution in [-0.4, -0.2) is 5.24 Å². The first-order chi connectivity index (χ1) is 6.13. The molecule has 0 bridgehead atoms. The Morgan fingerprint density at radius 1 is 1.23 bits per heavy atom. The van der Waals surface area contributed by atoms with E-state index in [9.17, 15) is 4.79 Å². The molecule has 2 unspecified atom stereocenters. The minimum Gasteiger partial charge on any atom is -0.281 e. The first kappa shape index (κ1) is 10.3. The van der Waals surface area contributed by atoms with Crippen molar-refractivity contribution in [3.63, 3.8) is 0 Å². The van der Waals surface area contributed by atoms with Crippen LogP contribution in [0.15, 0.2) is 30.3 Å². The van der Waals surface area contributed by atoms with Crippen LogP contribution in [0.5, 0.6) is 0 Å². The third-order valence-corrected chi connectivity index (χ3v) is 2.78. The average Bonchev–Trinajstić information content (AvgIpc) is 2.17. The normalized spacial score (nSPS) is 15.0. The molecule has 1 rings (SSSR count). The summed E-state index contributed by atoms with van der Waals surface area (Å²) in [7, 11) is 0. The zero-order chi connectivity index (χ0) is 9.84. The van der Waals surface area contributed by atoms with Crippen LogP contribution in [0.3, 0.4) is 0 Å². The van der Waals surface area contributed by atoms with Crippen molar-refractivity contribution in [1.29, 1.82) is 0 Å². The van der Waals surface area contributed by atoms with Crippen molar-refractivity contribution in [2.45, 2.75) is 19.8 Å². The molecular weight excluding hydrogens is 184 g/mol. The number of hydrogen-bond donors (Lipinski definition) is 0. The van der Waals surface area contributed by atoms with E-state index in [0.29, 0.717) is 0 Å². The van der Waals surface area contributed by atoms with Gasteiger partial charge in [0.05, 0.1) is 0 Å². The van der Waals surface area contributed by atoms with Crippen molar-refractivity contribution >= 4 is 16.8 Å². The molecule has 0 spiro atoms. The molecule has 70 valence electrons. The van der Waals surface area contributed by atoms with Gasteiger partial charge in [-0.25, -0.2) is 0 Å². The van der Waals surface area contributed by atoms with E-state index in [1.165, 1.54) is 0 Å². The summed E-state index contributed by atoms with van der Waals surface area (Å²) < 4.78 is 0. The van der Waals surface area contributed by atoms with E-state index >= 15 is 0 Å². The molecule has 1 aromatic carbocycles. The number of rotatable bonds is 3. The number of carbonyl (C=O) groups excluding carboxylic acids is 1. The highest BCUT2D eigenvalue weighted by Gasteiger charge is 2.19. The smallest absolute Gasteiger partial charge is 0.225 e. The highest BCUT2D eigenvalue weighted by molar-refractivity contribution is 6.64. The standard InChI is InChI=1S/C11H13ClO/c1-8(9(2)11(12)13)10-6-4-3-5-7-10/h3-9H,1-2H3. The first-order valence-corrected chi connectivity index (χ1v) is 4.75. The molecule has 0 aliphatic carbocycles. The molecule has 1 nitrogen and oxygen atoms in total. The van der Waals surface area contributed by atoms with Crippen LogP contribution in [0, 0.1) is 5.92 Å². The third-order valence-electron chi connectivity index (χ3n) is 2.43.